The number of alkyl halides is 5. The quantitative estimate of drug-likeness (QED) is 0.334. The number of carbonyl (C=O) groups excluding carboxylic acids is 4. The van der Waals surface area contributed by atoms with Gasteiger partial charge in [-0.3, -0.25) is 19.3 Å². The second-order valence-corrected chi connectivity index (χ2v) is 10.3. The van der Waals surface area contributed by atoms with Crippen molar-refractivity contribution in [2.45, 2.75) is 23.4 Å². The van der Waals surface area contributed by atoms with Gasteiger partial charge in [0.25, 0.3) is 5.91 Å². The molecule has 5 rings (SSSR count). The number of amides is 3. The maximum absolute atomic E-state index is 13.2. The smallest absolute Gasteiger partial charge is 0.416 e. The Labute approximate surface area is 218 Å². The number of halogens is 5. The predicted molar refractivity (Wildman–Crippen MR) is 127 cm³/mol. The van der Waals surface area contributed by atoms with Crippen LogP contribution in [0.3, 0.4) is 0 Å². The molecule has 0 spiro atoms. The van der Waals surface area contributed by atoms with Crippen LogP contribution < -0.4 is 10.2 Å². The number of rotatable bonds is 5. The van der Waals surface area contributed by atoms with Crippen LogP contribution in [0.4, 0.5) is 24.5 Å². The van der Waals surface area contributed by atoms with Crippen molar-refractivity contribution in [3.8, 4) is 0 Å². The number of anilines is 2. The van der Waals surface area contributed by atoms with Crippen LogP contribution in [0, 0.1) is 23.7 Å². The largest absolute Gasteiger partial charge is 0.452 e. The minimum absolute atomic E-state index is 0.0181. The molecular formula is C25H19Cl2F3N2O5. The van der Waals surface area contributed by atoms with E-state index in [1.54, 1.807) is 0 Å². The van der Waals surface area contributed by atoms with Crippen LogP contribution in [0.5, 0.6) is 0 Å². The fourth-order valence-electron chi connectivity index (χ4n) is 5.56. The number of imide groups is 1. The highest BCUT2D eigenvalue weighted by molar-refractivity contribution is 6.32. The second-order valence-electron chi connectivity index (χ2n) is 9.27. The fourth-order valence-corrected chi connectivity index (χ4v) is 6.45. The van der Waals surface area contributed by atoms with E-state index in [9.17, 15) is 32.3 Å². The molecule has 0 radical (unpaired) electrons. The summed E-state index contributed by atoms with van der Waals surface area (Å²) in [6.07, 6.45) is -3.95. The standard InChI is InChI=1S/C25H19Cl2F3N2O5/c26-20-15-9-16(21(20)27)19-18(15)22(34)32(23(19)35)14-6-1-3-11(7-14)24(36)37-10-17(33)31-13-5-2-4-12(8-13)25(28,29)30/h1-8,15-16,18-21H,9-10H2,(H,31,33)/t15-,16-,18-,19+,20-,21+/m1/s1. The molecule has 2 aromatic rings. The van der Waals surface area contributed by atoms with Crippen LogP contribution in [0.15, 0.2) is 48.5 Å². The molecule has 2 saturated carbocycles. The predicted octanol–water partition coefficient (Wildman–Crippen LogP) is 4.47. The van der Waals surface area contributed by atoms with Gasteiger partial charge in [0.1, 0.15) is 0 Å². The van der Waals surface area contributed by atoms with Crippen molar-refractivity contribution in [1.29, 1.82) is 0 Å². The Morgan fingerprint density at radius 1 is 0.973 bits per heavy atom. The summed E-state index contributed by atoms with van der Waals surface area (Å²) in [5.74, 6) is -4.01. The monoisotopic (exact) mass is 554 g/mol. The van der Waals surface area contributed by atoms with Gasteiger partial charge in [-0.25, -0.2) is 4.79 Å². The van der Waals surface area contributed by atoms with Crippen LogP contribution in [0.1, 0.15) is 22.3 Å². The molecule has 2 bridgehead atoms. The molecule has 1 saturated heterocycles. The van der Waals surface area contributed by atoms with Crippen molar-refractivity contribution < 1.29 is 37.1 Å². The summed E-state index contributed by atoms with van der Waals surface area (Å²) < 4.78 is 43.5. The Hall–Kier alpha value is -3.11. The zero-order valence-corrected chi connectivity index (χ0v) is 20.4. The number of carbonyl (C=O) groups is 4. The van der Waals surface area contributed by atoms with E-state index in [1.807, 2.05) is 0 Å². The lowest BCUT2D eigenvalue weighted by Gasteiger charge is -2.28. The minimum Gasteiger partial charge on any atom is -0.452 e. The maximum Gasteiger partial charge on any atom is 0.416 e. The Kier molecular flexibility index (Phi) is 6.44. The highest BCUT2D eigenvalue weighted by Gasteiger charge is 2.67. The molecule has 0 unspecified atom stereocenters. The van der Waals surface area contributed by atoms with Gasteiger partial charge < -0.3 is 10.1 Å². The van der Waals surface area contributed by atoms with Crippen molar-refractivity contribution in [3.63, 3.8) is 0 Å². The summed E-state index contributed by atoms with van der Waals surface area (Å²) in [5, 5.41) is 1.45. The van der Waals surface area contributed by atoms with E-state index in [4.69, 9.17) is 27.9 Å². The lowest BCUT2D eigenvalue weighted by Crippen LogP contribution is -2.37. The van der Waals surface area contributed by atoms with Gasteiger partial charge in [-0.2, -0.15) is 13.2 Å². The van der Waals surface area contributed by atoms with Crippen LogP contribution >= 0.6 is 23.2 Å². The number of nitrogens with one attached hydrogen (secondary N) is 1. The van der Waals surface area contributed by atoms with E-state index in [-0.39, 0.29) is 40.6 Å². The first-order valence-electron chi connectivity index (χ1n) is 11.4. The number of benzene rings is 2. The molecule has 0 aromatic heterocycles. The Morgan fingerprint density at radius 3 is 2.22 bits per heavy atom. The molecule has 1 aliphatic heterocycles. The molecule has 3 amide bonds. The summed E-state index contributed by atoms with van der Waals surface area (Å²) in [6.45, 7) is -0.761. The summed E-state index contributed by atoms with van der Waals surface area (Å²) in [4.78, 5) is 52.0. The van der Waals surface area contributed by atoms with E-state index in [0.717, 1.165) is 23.1 Å². The molecule has 1 N–H and O–H groups in total. The Morgan fingerprint density at radius 2 is 1.59 bits per heavy atom. The van der Waals surface area contributed by atoms with Crippen molar-refractivity contribution in [2.24, 2.45) is 23.7 Å². The van der Waals surface area contributed by atoms with Gasteiger partial charge in [-0.15, -0.1) is 23.2 Å². The van der Waals surface area contributed by atoms with Gasteiger partial charge in [-0.1, -0.05) is 12.1 Å². The zero-order valence-electron chi connectivity index (χ0n) is 18.9. The second kappa shape index (κ2) is 9.33. The lowest BCUT2D eigenvalue weighted by atomic mass is 9.80. The van der Waals surface area contributed by atoms with Crippen LogP contribution in [-0.2, 0) is 25.3 Å². The highest BCUT2D eigenvalue weighted by atomic mass is 35.5. The molecule has 37 heavy (non-hydrogen) atoms. The molecule has 3 aliphatic rings. The van der Waals surface area contributed by atoms with Gasteiger partial charge in [0.15, 0.2) is 6.61 Å². The summed E-state index contributed by atoms with van der Waals surface area (Å²) in [6, 6.07) is 9.68. The van der Waals surface area contributed by atoms with E-state index in [2.05, 4.69) is 5.32 Å². The summed E-state index contributed by atoms with van der Waals surface area (Å²) >= 11 is 12.8. The normalized spacial score (nSPS) is 28.4. The van der Waals surface area contributed by atoms with Crippen molar-refractivity contribution >= 4 is 58.3 Å². The molecule has 3 fully saturated rings. The average Bonchev–Trinajstić information content (AvgIpc) is 3.47. The third-order valence-corrected chi connectivity index (χ3v) is 8.45. The Balaban J connectivity index is 1.24. The first kappa shape index (κ1) is 25.5. The molecule has 6 atom stereocenters. The van der Waals surface area contributed by atoms with Crippen molar-refractivity contribution in [2.75, 3.05) is 16.8 Å². The number of fused-ring (bicyclic) bond motifs is 5. The van der Waals surface area contributed by atoms with Crippen molar-refractivity contribution in [1.82, 2.24) is 0 Å². The molecule has 194 valence electrons. The van der Waals surface area contributed by atoms with E-state index >= 15 is 0 Å². The van der Waals surface area contributed by atoms with Gasteiger partial charge in [0, 0.05) is 5.69 Å². The van der Waals surface area contributed by atoms with E-state index < -0.39 is 52.8 Å². The SMILES string of the molecule is O=C(COC(=O)c1cccc(N2C(=O)[C@@H]3[C@H]4C[C@@H]([C@H](Cl)[C@@H]4Cl)[C@@H]3C2=O)c1)Nc1cccc(C(F)(F)F)c1. The van der Waals surface area contributed by atoms with Crippen molar-refractivity contribution in [3.05, 3.63) is 59.7 Å². The maximum atomic E-state index is 13.2. The topological polar surface area (TPSA) is 92.8 Å². The number of hydrogen-bond acceptors (Lipinski definition) is 5. The number of esters is 1. The average molecular weight is 555 g/mol. The third kappa shape index (κ3) is 4.46. The first-order valence-corrected chi connectivity index (χ1v) is 12.2. The van der Waals surface area contributed by atoms with E-state index in [0.29, 0.717) is 6.42 Å². The van der Waals surface area contributed by atoms with Crippen LogP contribution in [-0.4, -0.2) is 41.1 Å². The summed E-state index contributed by atoms with van der Waals surface area (Å²) in [7, 11) is 0. The van der Waals surface area contributed by atoms with Gasteiger partial charge in [-0.05, 0) is 54.7 Å². The molecule has 1 heterocycles. The fraction of sp³-hybridized carbons (Fsp3) is 0.360. The zero-order chi connectivity index (χ0) is 26.6. The molecule has 12 heteroatoms. The number of nitrogens with zero attached hydrogens (tertiary/aromatic N) is 1. The minimum atomic E-state index is -4.58. The molecular weight excluding hydrogens is 536 g/mol. The molecule has 2 aromatic carbocycles. The molecule has 7 nitrogen and oxygen atoms in total. The highest BCUT2D eigenvalue weighted by Crippen LogP contribution is 2.59. The number of hydrogen-bond donors (Lipinski definition) is 1. The number of ether oxygens (including phenoxy) is 1. The van der Waals surface area contributed by atoms with Gasteiger partial charge in [0.05, 0.1) is 39.4 Å². The molecule has 2 aliphatic carbocycles. The van der Waals surface area contributed by atoms with Gasteiger partial charge >= 0.3 is 12.1 Å². The third-order valence-electron chi connectivity index (χ3n) is 7.14. The lowest BCUT2D eigenvalue weighted by molar-refractivity contribution is -0.137. The van der Waals surface area contributed by atoms with Crippen LogP contribution in [0.2, 0.25) is 0 Å². The van der Waals surface area contributed by atoms with Crippen LogP contribution in [0.25, 0.3) is 0 Å². The Bertz CT molecular complexity index is 1270. The summed E-state index contributed by atoms with van der Waals surface area (Å²) in [5.41, 5.74) is -0.883. The van der Waals surface area contributed by atoms with Gasteiger partial charge in [0.2, 0.25) is 11.8 Å². The first-order chi connectivity index (χ1) is 17.5. The van der Waals surface area contributed by atoms with E-state index in [1.165, 1.54) is 30.3 Å².